The molecule has 0 radical (unpaired) electrons. The molecular weight excluding hydrogens is 292 g/mol. The van der Waals surface area contributed by atoms with Crippen LogP contribution >= 0.6 is 23.5 Å². The highest BCUT2D eigenvalue weighted by atomic mass is 32.2. The van der Waals surface area contributed by atoms with E-state index in [0.717, 1.165) is 34.1 Å². The molecule has 1 fully saturated rings. The molecule has 108 valence electrons. The Morgan fingerprint density at radius 3 is 2.45 bits per heavy atom. The lowest BCUT2D eigenvalue weighted by Gasteiger charge is -2.25. The summed E-state index contributed by atoms with van der Waals surface area (Å²) in [6.45, 7) is -0.162. The Morgan fingerprint density at radius 2 is 1.85 bits per heavy atom. The average molecular weight is 310 g/mol. The summed E-state index contributed by atoms with van der Waals surface area (Å²) < 4.78 is 11.2. The molecule has 1 aliphatic rings. The van der Waals surface area contributed by atoms with E-state index in [1.807, 2.05) is 35.7 Å². The molecule has 0 atom stereocenters. The fraction of sp³-hybridized carbons (Fsp3) is 0.467. The van der Waals surface area contributed by atoms with Gasteiger partial charge in [0, 0.05) is 5.56 Å². The highest BCUT2D eigenvalue weighted by Crippen LogP contribution is 2.49. The van der Waals surface area contributed by atoms with E-state index in [0.29, 0.717) is 4.58 Å². The quantitative estimate of drug-likeness (QED) is 0.869. The molecule has 0 aromatic heterocycles. The monoisotopic (exact) mass is 310 g/mol. The minimum absolute atomic E-state index is 0.162. The first-order chi connectivity index (χ1) is 9.81. The second-order valence-electron chi connectivity index (χ2n) is 4.15. The molecule has 1 aliphatic heterocycles. The normalized spacial score (nSPS) is 15.3. The van der Waals surface area contributed by atoms with Gasteiger partial charge in [-0.1, -0.05) is 11.8 Å². The first-order valence-corrected chi connectivity index (χ1v) is 8.49. The third-order valence-electron chi connectivity index (χ3n) is 2.96. The number of thioether (sulfide) groups is 2. The van der Waals surface area contributed by atoms with Crippen LogP contribution in [0.5, 0.6) is 11.5 Å². The Kier molecular flexibility index (Phi) is 5.96. The Hall–Kier alpha value is -0.960. The molecule has 0 saturated carbocycles. The summed E-state index contributed by atoms with van der Waals surface area (Å²) >= 11 is 3.82. The van der Waals surface area contributed by atoms with Crippen molar-refractivity contribution < 1.29 is 14.6 Å². The maximum absolute atomic E-state index is 8.96. The van der Waals surface area contributed by atoms with Gasteiger partial charge in [-0.25, -0.2) is 0 Å². The molecule has 0 unspecified atom stereocenters. The molecule has 5 heteroatoms. The summed E-state index contributed by atoms with van der Waals surface area (Å²) in [6, 6.07) is 3.79. The number of hydrogen-bond acceptors (Lipinski definition) is 5. The lowest BCUT2D eigenvalue weighted by molar-refractivity contribution is 0.350. The Morgan fingerprint density at radius 1 is 1.20 bits per heavy atom. The van der Waals surface area contributed by atoms with Crippen molar-refractivity contribution in [1.82, 2.24) is 0 Å². The van der Waals surface area contributed by atoms with Gasteiger partial charge in [0.15, 0.2) is 0 Å². The predicted octanol–water partition coefficient (Wildman–Crippen LogP) is 2.92. The van der Waals surface area contributed by atoms with E-state index in [4.69, 9.17) is 14.6 Å². The van der Waals surface area contributed by atoms with Crippen molar-refractivity contribution in [3.05, 3.63) is 23.3 Å². The van der Waals surface area contributed by atoms with Crippen LogP contribution in [0.1, 0.15) is 22.1 Å². The number of hydrogen-bond donors (Lipinski definition) is 1. The zero-order valence-corrected chi connectivity index (χ0v) is 13.3. The average Bonchev–Trinajstić information content (AvgIpc) is 2.52. The lowest BCUT2D eigenvalue weighted by atomic mass is 10.1. The fourth-order valence-electron chi connectivity index (χ4n) is 2.07. The third-order valence-corrected chi connectivity index (χ3v) is 5.90. The van der Waals surface area contributed by atoms with Crippen LogP contribution in [-0.4, -0.2) is 37.4 Å². The molecule has 0 aliphatic carbocycles. The lowest BCUT2D eigenvalue weighted by Crippen LogP contribution is -2.06. The second-order valence-corrected chi connectivity index (χ2v) is 6.87. The summed E-state index contributed by atoms with van der Waals surface area (Å²) in [6.07, 6.45) is 1.23. The number of rotatable bonds is 3. The molecule has 20 heavy (non-hydrogen) atoms. The van der Waals surface area contributed by atoms with E-state index < -0.39 is 0 Å². The van der Waals surface area contributed by atoms with Gasteiger partial charge in [-0.05, 0) is 30.1 Å². The van der Waals surface area contributed by atoms with Crippen LogP contribution in [-0.2, 0) is 0 Å². The number of aliphatic hydroxyl groups excluding tert-OH is 1. The molecule has 0 spiro atoms. The van der Waals surface area contributed by atoms with Gasteiger partial charge in [0.1, 0.15) is 18.1 Å². The molecule has 1 aromatic rings. The van der Waals surface area contributed by atoms with Crippen LogP contribution in [0.2, 0.25) is 0 Å². The summed E-state index contributed by atoms with van der Waals surface area (Å²) in [7, 11) is 3.31. The van der Waals surface area contributed by atoms with E-state index in [2.05, 4.69) is 11.8 Å². The van der Waals surface area contributed by atoms with Gasteiger partial charge in [-0.2, -0.15) is 0 Å². The largest absolute Gasteiger partial charge is 0.496 e. The van der Waals surface area contributed by atoms with Crippen LogP contribution in [0.25, 0.3) is 0 Å². The van der Waals surface area contributed by atoms with E-state index >= 15 is 0 Å². The zero-order valence-electron chi connectivity index (χ0n) is 11.6. The molecule has 1 saturated heterocycles. The molecular formula is C15H18O3S2. The Bertz CT molecular complexity index is 514. The Labute approximate surface area is 128 Å². The van der Waals surface area contributed by atoms with Crippen molar-refractivity contribution in [2.24, 2.45) is 0 Å². The molecule has 0 bridgehead atoms. The van der Waals surface area contributed by atoms with Crippen LogP contribution in [0, 0.1) is 11.8 Å². The number of ether oxygens (including phenoxy) is 2. The standard InChI is InChI=1S/C15H18O3S2/c1-17-12-6-7-13(18-2)14(11(12)5-3-8-16)15-19-9-4-10-20-15/h6-7,15-16H,4,8-10H2,1-2H3. The minimum Gasteiger partial charge on any atom is -0.496 e. The molecule has 2 rings (SSSR count). The van der Waals surface area contributed by atoms with Crippen LogP contribution < -0.4 is 9.47 Å². The molecule has 1 aromatic carbocycles. The number of methoxy groups -OCH3 is 2. The van der Waals surface area contributed by atoms with Crippen molar-refractivity contribution in [3.63, 3.8) is 0 Å². The van der Waals surface area contributed by atoms with Crippen molar-refractivity contribution in [3.8, 4) is 23.3 Å². The predicted molar refractivity (Wildman–Crippen MR) is 85.8 cm³/mol. The van der Waals surface area contributed by atoms with Gasteiger partial charge < -0.3 is 14.6 Å². The van der Waals surface area contributed by atoms with Crippen LogP contribution in [0.3, 0.4) is 0 Å². The first kappa shape index (κ1) is 15.4. The molecule has 1 N–H and O–H groups in total. The highest BCUT2D eigenvalue weighted by molar-refractivity contribution is 8.16. The maximum atomic E-state index is 8.96. The maximum Gasteiger partial charge on any atom is 0.135 e. The zero-order chi connectivity index (χ0) is 14.4. The number of benzene rings is 1. The first-order valence-electron chi connectivity index (χ1n) is 6.39. The number of aliphatic hydroxyl groups is 1. The topological polar surface area (TPSA) is 38.7 Å². The Balaban J connectivity index is 2.53. The van der Waals surface area contributed by atoms with Gasteiger partial charge in [-0.3, -0.25) is 0 Å². The van der Waals surface area contributed by atoms with Crippen LogP contribution in [0.4, 0.5) is 0 Å². The second kappa shape index (κ2) is 7.72. The van der Waals surface area contributed by atoms with Gasteiger partial charge in [-0.15, -0.1) is 23.5 Å². The van der Waals surface area contributed by atoms with Gasteiger partial charge in [0.25, 0.3) is 0 Å². The third kappa shape index (κ3) is 3.38. The van der Waals surface area contributed by atoms with Crippen molar-refractivity contribution in [2.75, 3.05) is 32.3 Å². The van der Waals surface area contributed by atoms with E-state index in [9.17, 15) is 0 Å². The molecule has 1 heterocycles. The SMILES string of the molecule is COc1ccc(OC)c(C2SCCCS2)c1C#CCO. The summed E-state index contributed by atoms with van der Waals surface area (Å²) in [5.41, 5.74) is 1.90. The summed E-state index contributed by atoms with van der Waals surface area (Å²) in [4.78, 5) is 0. The van der Waals surface area contributed by atoms with E-state index in [-0.39, 0.29) is 6.61 Å². The fourth-order valence-corrected chi connectivity index (χ4v) is 5.07. The van der Waals surface area contributed by atoms with Crippen molar-refractivity contribution in [2.45, 2.75) is 11.0 Å². The van der Waals surface area contributed by atoms with Gasteiger partial charge in [0.2, 0.25) is 0 Å². The van der Waals surface area contributed by atoms with Crippen LogP contribution in [0.15, 0.2) is 12.1 Å². The smallest absolute Gasteiger partial charge is 0.135 e. The van der Waals surface area contributed by atoms with Gasteiger partial charge >= 0.3 is 0 Å². The molecule has 0 amide bonds. The summed E-state index contributed by atoms with van der Waals surface area (Å²) in [5.74, 6) is 9.60. The summed E-state index contributed by atoms with van der Waals surface area (Å²) in [5, 5.41) is 8.96. The van der Waals surface area contributed by atoms with Crippen molar-refractivity contribution in [1.29, 1.82) is 0 Å². The highest BCUT2D eigenvalue weighted by Gasteiger charge is 2.25. The minimum atomic E-state index is -0.162. The van der Waals surface area contributed by atoms with E-state index in [1.54, 1.807) is 14.2 Å². The van der Waals surface area contributed by atoms with E-state index in [1.165, 1.54) is 6.42 Å². The van der Waals surface area contributed by atoms with Crippen molar-refractivity contribution >= 4 is 23.5 Å². The molecule has 3 nitrogen and oxygen atoms in total. The van der Waals surface area contributed by atoms with Gasteiger partial charge in [0.05, 0.1) is 24.4 Å².